The summed E-state index contributed by atoms with van der Waals surface area (Å²) in [6, 6.07) is 0.354. The molecule has 2 aliphatic carbocycles. The van der Waals surface area contributed by atoms with Gasteiger partial charge in [0.1, 0.15) is 5.01 Å². The molecule has 0 unspecified atom stereocenters. The van der Waals surface area contributed by atoms with E-state index in [0.29, 0.717) is 17.9 Å². The van der Waals surface area contributed by atoms with Gasteiger partial charge in [-0.25, -0.2) is 0 Å². The van der Waals surface area contributed by atoms with E-state index in [2.05, 4.69) is 10.2 Å². The van der Waals surface area contributed by atoms with Gasteiger partial charge in [0.15, 0.2) is 5.82 Å². The summed E-state index contributed by atoms with van der Waals surface area (Å²) in [5, 5.41) is 14.8. The Labute approximate surface area is 122 Å². The van der Waals surface area contributed by atoms with E-state index in [4.69, 9.17) is 10.8 Å². The summed E-state index contributed by atoms with van der Waals surface area (Å²) >= 11 is 1.70. The molecule has 2 fully saturated rings. The van der Waals surface area contributed by atoms with E-state index < -0.39 is 0 Å². The van der Waals surface area contributed by atoms with E-state index in [0.717, 1.165) is 23.6 Å². The van der Waals surface area contributed by atoms with Crippen molar-refractivity contribution in [2.24, 2.45) is 5.73 Å². The van der Waals surface area contributed by atoms with Crippen LogP contribution < -0.4 is 5.73 Å². The Morgan fingerprint density at radius 3 is 2.60 bits per heavy atom. The van der Waals surface area contributed by atoms with Crippen molar-refractivity contribution in [3.63, 3.8) is 0 Å². The third-order valence-electron chi connectivity index (χ3n) is 4.82. The standard InChI is InChI=1S/C14H21N5S/c15-11-7-6-10(8-11)13-18-19-12(16-17-14(19)20-13)9-4-2-1-3-5-9/h9-11H,1-8,15H2/t10-,11+/m1/s1. The SMILES string of the molecule is N[C@H]1CC[C@@H](c2nn3c(C4CCCCC4)nnc3s2)C1. The summed E-state index contributed by atoms with van der Waals surface area (Å²) in [5.41, 5.74) is 6.02. The minimum atomic E-state index is 0.354. The van der Waals surface area contributed by atoms with Gasteiger partial charge in [0.2, 0.25) is 4.96 Å². The summed E-state index contributed by atoms with van der Waals surface area (Å²) in [6.45, 7) is 0. The zero-order valence-electron chi connectivity index (χ0n) is 11.7. The summed E-state index contributed by atoms with van der Waals surface area (Å²) in [6.07, 6.45) is 9.83. The van der Waals surface area contributed by atoms with Crippen LogP contribution in [0.4, 0.5) is 0 Å². The molecular formula is C14H21N5S. The van der Waals surface area contributed by atoms with Crippen LogP contribution in [0, 0.1) is 0 Å². The molecule has 6 heteroatoms. The summed E-state index contributed by atoms with van der Waals surface area (Å²) in [5.74, 6) is 2.18. The van der Waals surface area contributed by atoms with Crippen molar-refractivity contribution in [1.82, 2.24) is 19.8 Å². The van der Waals surface area contributed by atoms with Gasteiger partial charge >= 0.3 is 0 Å². The Morgan fingerprint density at radius 2 is 1.85 bits per heavy atom. The van der Waals surface area contributed by atoms with Crippen molar-refractivity contribution in [3.05, 3.63) is 10.8 Å². The number of hydrogen-bond donors (Lipinski definition) is 1. The lowest BCUT2D eigenvalue weighted by Crippen LogP contribution is -2.14. The first-order chi connectivity index (χ1) is 9.81. The Bertz CT molecular complexity index is 598. The van der Waals surface area contributed by atoms with E-state index in [9.17, 15) is 0 Å². The highest BCUT2D eigenvalue weighted by atomic mass is 32.1. The number of aromatic nitrogens is 4. The maximum atomic E-state index is 6.02. The normalized spacial score (nSPS) is 28.4. The molecule has 0 aromatic carbocycles. The number of fused-ring (bicyclic) bond motifs is 1. The fraction of sp³-hybridized carbons (Fsp3) is 0.786. The average Bonchev–Trinajstić information content (AvgIpc) is 3.13. The Balaban J connectivity index is 1.64. The van der Waals surface area contributed by atoms with Gasteiger partial charge in [-0.2, -0.15) is 9.61 Å². The van der Waals surface area contributed by atoms with Crippen LogP contribution in [0.5, 0.6) is 0 Å². The number of nitrogens with two attached hydrogens (primary N) is 1. The highest BCUT2D eigenvalue weighted by Gasteiger charge is 2.28. The van der Waals surface area contributed by atoms with Crippen molar-refractivity contribution < 1.29 is 0 Å². The molecule has 2 atom stereocenters. The van der Waals surface area contributed by atoms with Gasteiger partial charge in [0.25, 0.3) is 0 Å². The highest BCUT2D eigenvalue weighted by Crippen LogP contribution is 2.37. The predicted molar refractivity (Wildman–Crippen MR) is 79.1 cm³/mol. The zero-order valence-corrected chi connectivity index (χ0v) is 12.5. The van der Waals surface area contributed by atoms with Crippen LogP contribution in [0.1, 0.15) is 74.0 Å². The molecule has 4 rings (SSSR count). The molecule has 2 heterocycles. The van der Waals surface area contributed by atoms with Crippen LogP contribution in [0.25, 0.3) is 4.96 Å². The fourth-order valence-electron chi connectivity index (χ4n) is 3.67. The molecule has 2 aliphatic rings. The van der Waals surface area contributed by atoms with Crippen molar-refractivity contribution in [2.75, 3.05) is 0 Å². The summed E-state index contributed by atoms with van der Waals surface area (Å²) in [7, 11) is 0. The monoisotopic (exact) mass is 291 g/mol. The third-order valence-corrected chi connectivity index (χ3v) is 5.88. The smallest absolute Gasteiger partial charge is 0.234 e. The maximum absolute atomic E-state index is 6.02. The Morgan fingerprint density at radius 1 is 1.00 bits per heavy atom. The molecule has 2 aromatic rings. The van der Waals surface area contributed by atoms with Crippen LogP contribution in [0.3, 0.4) is 0 Å². The third kappa shape index (κ3) is 2.15. The zero-order chi connectivity index (χ0) is 13.5. The lowest BCUT2D eigenvalue weighted by molar-refractivity contribution is 0.422. The molecule has 5 nitrogen and oxygen atoms in total. The number of nitrogens with zero attached hydrogens (tertiary/aromatic N) is 4. The fourth-order valence-corrected chi connectivity index (χ4v) is 4.66. The van der Waals surface area contributed by atoms with Crippen molar-refractivity contribution in [3.8, 4) is 0 Å². The van der Waals surface area contributed by atoms with Gasteiger partial charge in [0, 0.05) is 17.9 Å². The molecule has 20 heavy (non-hydrogen) atoms. The molecule has 0 saturated heterocycles. The Hall–Kier alpha value is -1.01. The lowest BCUT2D eigenvalue weighted by Gasteiger charge is -2.18. The molecule has 0 radical (unpaired) electrons. The van der Waals surface area contributed by atoms with Gasteiger partial charge in [-0.15, -0.1) is 10.2 Å². The number of hydrogen-bond acceptors (Lipinski definition) is 5. The summed E-state index contributed by atoms with van der Waals surface area (Å²) < 4.78 is 2.01. The first kappa shape index (κ1) is 12.7. The van der Waals surface area contributed by atoms with Crippen LogP contribution in [0.15, 0.2) is 0 Å². The second kappa shape index (κ2) is 5.07. The van der Waals surface area contributed by atoms with Crippen molar-refractivity contribution in [2.45, 2.75) is 69.2 Å². The van der Waals surface area contributed by atoms with Gasteiger partial charge < -0.3 is 5.73 Å². The predicted octanol–water partition coefficient (Wildman–Crippen LogP) is 2.83. The van der Waals surface area contributed by atoms with E-state index in [1.54, 1.807) is 11.3 Å². The van der Waals surface area contributed by atoms with Crippen LogP contribution in [0.2, 0.25) is 0 Å². The van der Waals surface area contributed by atoms with E-state index in [-0.39, 0.29) is 0 Å². The lowest BCUT2D eigenvalue weighted by atomic mass is 9.89. The minimum Gasteiger partial charge on any atom is -0.328 e. The van der Waals surface area contributed by atoms with E-state index in [1.165, 1.54) is 43.5 Å². The first-order valence-electron chi connectivity index (χ1n) is 7.79. The molecule has 2 N–H and O–H groups in total. The van der Waals surface area contributed by atoms with Crippen LogP contribution in [-0.2, 0) is 0 Å². The maximum Gasteiger partial charge on any atom is 0.234 e. The quantitative estimate of drug-likeness (QED) is 0.923. The second-order valence-electron chi connectivity index (χ2n) is 6.30. The summed E-state index contributed by atoms with van der Waals surface area (Å²) in [4.78, 5) is 0.959. The number of rotatable bonds is 2. The minimum absolute atomic E-state index is 0.354. The highest BCUT2D eigenvalue weighted by molar-refractivity contribution is 7.16. The first-order valence-corrected chi connectivity index (χ1v) is 8.60. The Kier molecular flexibility index (Phi) is 3.22. The molecule has 0 spiro atoms. The van der Waals surface area contributed by atoms with Gasteiger partial charge in [-0.3, -0.25) is 0 Å². The van der Waals surface area contributed by atoms with Crippen LogP contribution in [-0.4, -0.2) is 25.9 Å². The van der Waals surface area contributed by atoms with E-state index in [1.807, 2.05) is 4.52 Å². The molecule has 0 amide bonds. The molecular weight excluding hydrogens is 270 g/mol. The largest absolute Gasteiger partial charge is 0.328 e. The van der Waals surface area contributed by atoms with Gasteiger partial charge in [0.05, 0.1) is 0 Å². The molecule has 0 bridgehead atoms. The molecule has 0 aliphatic heterocycles. The van der Waals surface area contributed by atoms with Gasteiger partial charge in [-0.05, 0) is 32.1 Å². The van der Waals surface area contributed by atoms with Crippen molar-refractivity contribution >= 4 is 16.3 Å². The second-order valence-corrected chi connectivity index (χ2v) is 7.29. The van der Waals surface area contributed by atoms with Crippen molar-refractivity contribution in [1.29, 1.82) is 0 Å². The topological polar surface area (TPSA) is 69.1 Å². The average molecular weight is 291 g/mol. The molecule has 2 saturated carbocycles. The van der Waals surface area contributed by atoms with E-state index >= 15 is 0 Å². The molecule has 2 aromatic heterocycles. The van der Waals surface area contributed by atoms with Gasteiger partial charge in [-0.1, -0.05) is 30.6 Å². The van der Waals surface area contributed by atoms with Crippen LogP contribution >= 0.6 is 11.3 Å². The molecule has 108 valence electrons.